The smallest absolute Gasteiger partial charge is 0.342 e. The number of carbonyl (C=O) groups excluding carboxylic acids is 3. The lowest BCUT2D eigenvalue weighted by Crippen LogP contribution is -2.38. The van der Waals surface area contributed by atoms with Gasteiger partial charge in [-0.2, -0.15) is 0 Å². The van der Waals surface area contributed by atoms with Crippen LogP contribution in [0.1, 0.15) is 123 Å². The molecule has 15 heteroatoms. The van der Waals surface area contributed by atoms with Crippen molar-refractivity contribution >= 4 is 64.8 Å². The molecule has 14 nitrogen and oxygen atoms in total. The minimum atomic E-state index is -1.30. The summed E-state index contributed by atoms with van der Waals surface area (Å²) in [7, 11) is 0. The van der Waals surface area contributed by atoms with Crippen LogP contribution in [0.25, 0.3) is 22.8 Å². The summed E-state index contributed by atoms with van der Waals surface area (Å²) in [6.07, 6.45) is 5.05. The lowest BCUT2D eigenvalue weighted by atomic mass is 9.75. The minimum Gasteiger partial charge on any atom is -0.478 e. The first-order valence-corrected chi connectivity index (χ1v) is 24.5. The maximum Gasteiger partial charge on any atom is 0.342 e. The van der Waals surface area contributed by atoms with Crippen LogP contribution in [-0.2, 0) is 24.1 Å². The molecule has 0 radical (unpaired) electrons. The summed E-state index contributed by atoms with van der Waals surface area (Å²) in [5, 5.41) is 24.4. The summed E-state index contributed by atoms with van der Waals surface area (Å²) in [6, 6.07) is 22.5. The molecule has 4 aromatic rings. The molecule has 0 bridgehead atoms. The number of benzene rings is 3. The topological polar surface area (TPSA) is 206 Å². The van der Waals surface area contributed by atoms with E-state index in [2.05, 4.69) is 57.2 Å². The number of esters is 1. The van der Waals surface area contributed by atoms with E-state index in [1.165, 1.54) is 19.1 Å². The molecule has 5 atom stereocenters. The summed E-state index contributed by atoms with van der Waals surface area (Å²) in [4.78, 5) is 86.6. The zero-order valence-corrected chi connectivity index (χ0v) is 41.1. The van der Waals surface area contributed by atoms with Crippen LogP contribution in [0, 0.1) is 35.5 Å². The molecule has 0 spiro atoms. The maximum atomic E-state index is 14.7. The highest BCUT2D eigenvalue weighted by Gasteiger charge is 2.38. The van der Waals surface area contributed by atoms with Crippen molar-refractivity contribution in [2.24, 2.45) is 40.5 Å². The first kappa shape index (κ1) is 50.6. The monoisotopic (exact) mass is 958 g/mol. The fourth-order valence-corrected chi connectivity index (χ4v) is 11.5. The van der Waals surface area contributed by atoms with Gasteiger partial charge in [0.2, 0.25) is 11.8 Å². The Balaban J connectivity index is 1.34. The second-order valence-corrected chi connectivity index (χ2v) is 20.7. The van der Waals surface area contributed by atoms with Gasteiger partial charge in [-0.15, -0.1) is 11.8 Å². The molecule has 364 valence electrons. The van der Waals surface area contributed by atoms with Gasteiger partial charge in [0, 0.05) is 28.5 Å². The van der Waals surface area contributed by atoms with Crippen molar-refractivity contribution in [3.05, 3.63) is 118 Å². The predicted molar refractivity (Wildman–Crippen MR) is 267 cm³/mol. The highest BCUT2D eigenvalue weighted by Crippen LogP contribution is 2.42. The number of carboxylic acids is 2. The lowest BCUT2D eigenvalue weighted by molar-refractivity contribution is -0.340. The van der Waals surface area contributed by atoms with E-state index in [0.717, 1.165) is 49.1 Å². The first-order valence-electron chi connectivity index (χ1n) is 23.6. The van der Waals surface area contributed by atoms with Gasteiger partial charge in [-0.3, -0.25) is 9.59 Å². The van der Waals surface area contributed by atoms with Gasteiger partial charge in [-0.05, 0) is 104 Å². The first-order chi connectivity index (χ1) is 32.9. The number of aromatic carboxylic acids is 2. The van der Waals surface area contributed by atoms with Crippen LogP contribution < -0.4 is 10.6 Å². The Labute approximate surface area is 407 Å². The number of aromatic nitrogens is 1. The molecular formula is C54H62N4O10S. The number of anilines is 1. The van der Waals surface area contributed by atoms with Gasteiger partial charge in [-0.25, -0.2) is 29.2 Å². The van der Waals surface area contributed by atoms with Crippen LogP contribution in [0.15, 0.2) is 100 Å². The van der Waals surface area contributed by atoms with Crippen LogP contribution in [0.3, 0.4) is 0 Å². The number of nitrogens with one attached hydrogen (secondary N) is 3. The van der Waals surface area contributed by atoms with Crippen molar-refractivity contribution in [1.29, 1.82) is 0 Å². The standard InChI is InChI=1S/C54H62N4O10S/c1-28-19-30(3)47(31(4)20-28)67-54(65)46-45(37-17-13-10-14-18-37)43(57-50(46)55-35(8)59)26-42-44(36-15-11-9-12-16-36)41(27-66-68-48-32(5)21-29(2)22-33(48)6)49(56-42)58-51(60)34(7)69-40-24-38(52(61)62)23-39(25-40)53(63)64/h9-18,23-26,28-34,47-48,57H,19-22,27H2,1-8H3,(H,55,59)(H,61,62)(H,63,64)(H,56,58,60). The maximum absolute atomic E-state index is 14.7. The number of hydrogen-bond donors (Lipinski definition) is 5. The zero-order valence-electron chi connectivity index (χ0n) is 40.3. The van der Waals surface area contributed by atoms with Gasteiger partial charge in [0.1, 0.15) is 29.9 Å². The second-order valence-electron chi connectivity index (χ2n) is 19.3. The van der Waals surface area contributed by atoms with Crippen molar-refractivity contribution in [3.63, 3.8) is 0 Å². The summed E-state index contributed by atoms with van der Waals surface area (Å²) in [6.45, 7) is 15.8. The summed E-state index contributed by atoms with van der Waals surface area (Å²) >= 11 is 0.998. The molecule has 2 heterocycles. The number of H-pyrrole nitrogens is 1. The molecule has 1 aliphatic heterocycles. The van der Waals surface area contributed by atoms with Gasteiger partial charge < -0.3 is 30.6 Å². The zero-order chi connectivity index (χ0) is 49.7. The van der Waals surface area contributed by atoms with Crippen molar-refractivity contribution in [2.45, 2.75) is 103 Å². The molecule has 69 heavy (non-hydrogen) atoms. The predicted octanol–water partition coefficient (Wildman–Crippen LogP) is 10.8. The summed E-state index contributed by atoms with van der Waals surface area (Å²) in [5.74, 6) is -2.03. The Hall–Kier alpha value is -6.29. The van der Waals surface area contributed by atoms with Gasteiger partial charge in [0.05, 0.1) is 33.9 Å². The molecule has 5 unspecified atom stereocenters. The van der Waals surface area contributed by atoms with Crippen LogP contribution in [0.4, 0.5) is 5.82 Å². The number of hydrogen-bond acceptors (Lipinski definition) is 10. The van der Waals surface area contributed by atoms with E-state index in [0.29, 0.717) is 45.5 Å². The lowest BCUT2D eigenvalue weighted by Gasteiger charge is -2.37. The Morgan fingerprint density at radius 1 is 0.768 bits per heavy atom. The van der Waals surface area contributed by atoms with E-state index in [-0.39, 0.29) is 75.7 Å². The van der Waals surface area contributed by atoms with Crippen molar-refractivity contribution < 1.29 is 48.7 Å². The number of ether oxygens (including phenoxy) is 1. The van der Waals surface area contributed by atoms with Gasteiger partial charge in [-0.1, -0.05) is 102 Å². The molecule has 3 aliphatic rings. The Kier molecular flexibility index (Phi) is 16.1. The van der Waals surface area contributed by atoms with Crippen molar-refractivity contribution in [3.8, 4) is 11.1 Å². The summed E-state index contributed by atoms with van der Waals surface area (Å²) < 4.78 is 6.40. The largest absolute Gasteiger partial charge is 0.478 e. The number of aliphatic imine (C=N–C) groups is 1. The van der Waals surface area contributed by atoms with Crippen LogP contribution >= 0.6 is 11.8 Å². The van der Waals surface area contributed by atoms with E-state index in [4.69, 9.17) is 19.5 Å². The Morgan fingerprint density at radius 3 is 1.84 bits per heavy atom. The number of carbonyl (C=O) groups is 5. The minimum absolute atomic E-state index is 0.119. The van der Waals surface area contributed by atoms with E-state index >= 15 is 0 Å². The SMILES string of the molecule is CC(=O)Nc1[nH]c(C=C2N=C(NC(=O)C(C)Sc3cc(C(=O)O)cc(C(=O)O)c3)C(COOC3C(C)CC(C)CC3C)=C2c2ccccc2)c(-c2ccccc2)c1C(=O)OC1C(C)CC(C)CC1C. The van der Waals surface area contributed by atoms with E-state index in [9.17, 15) is 34.2 Å². The molecule has 1 aromatic heterocycles. The fourth-order valence-electron chi connectivity index (χ4n) is 10.5. The number of rotatable bonds is 15. The summed E-state index contributed by atoms with van der Waals surface area (Å²) in [5.41, 5.74) is 3.52. The third-order valence-corrected chi connectivity index (χ3v) is 14.4. The molecule has 3 aromatic carbocycles. The number of thioether (sulfide) groups is 1. The van der Waals surface area contributed by atoms with Gasteiger partial charge in [0.25, 0.3) is 0 Å². The van der Waals surface area contributed by atoms with Crippen LogP contribution in [0.5, 0.6) is 0 Å². The highest BCUT2D eigenvalue weighted by molar-refractivity contribution is 8.00. The fraction of sp³-hybridized carbons (Fsp3) is 0.407. The number of nitrogens with zero attached hydrogens (tertiary/aromatic N) is 1. The van der Waals surface area contributed by atoms with Crippen molar-refractivity contribution in [1.82, 2.24) is 10.3 Å². The molecule has 2 fully saturated rings. The van der Waals surface area contributed by atoms with Crippen molar-refractivity contribution in [2.75, 3.05) is 11.9 Å². The molecule has 2 aliphatic carbocycles. The van der Waals surface area contributed by atoms with Crippen LogP contribution in [-0.4, -0.2) is 74.8 Å². The number of amidine groups is 1. The molecule has 5 N–H and O–H groups in total. The Morgan fingerprint density at radius 2 is 1.30 bits per heavy atom. The molecule has 0 saturated heterocycles. The average Bonchev–Trinajstić information content (AvgIpc) is 3.81. The molecule has 7 rings (SSSR count). The Bertz CT molecular complexity index is 2620. The van der Waals surface area contributed by atoms with E-state index in [1.54, 1.807) is 13.0 Å². The molecule has 2 amide bonds. The number of carboxylic acid groups (broad SMARTS) is 2. The van der Waals surface area contributed by atoms with E-state index < -0.39 is 35.0 Å². The third kappa shape index (κ3) is 11.9. The van der Waals surface area contributed by atoms with Gasteiger partial charge in [0.15, 0.2) is 0 Å². The molecular weight excluding hydrogens is 897 g/mol. The van der Waals surface area contributed by atoms with E-state index in [1.807, 2.05) is 60.7 Å². The third-order valence-electron chi connectivity index (χ3n) is 13.3. The number of amides is 2. The van der Waals surface area contributed by atoms with Gasteiger partial charge >= 0.3 is 17.9 Å². The van der Waals surface area contributed by atoms with Crippen LogP contribution in [0.2, 0.25) is 0 Å². The normalized spacial score (nSPS) is 24.6. The molecule has 2 saturated carbocycles. The quantitative estimate of drug-likeness (QED) is 0.0328. The highest BCUT2D eigenvalue weighted by atomic mass is 32.2. The number of aromatic amines is 1. The second kappa shape index (κ2) is 22.0. The average molecular weight is 959 g/mol. The number of allylic oxidation sites excluding steroid dienone is 1.